The van der Waals surface area contributed by atoms with Gasteiger partial charge in [-0.05, 0) is 65.2 Å². The average Bonchev–Trinajstić information content (AvgIpc) is 2.94. The summed E-state index contributed by atoms with van der Waals surface area (Å²) in [5, 5.41) is 0. The number of hydrogen-bond acceptors (Lipinski definition) is 1. The summed E-state index contributed by atoms with van der Waals surface area (Å²) < 4.78 is 7.54. The lowest BCUT2D eigenvalue weighted by Crippen LogP contribution is -2.67. The van der Waals surface area contributed by atoms with Crippen LogP contribution in [-0.4, -0.2) is 0 Å². The van der Waals surface area contributed by atoms with Gasteiger partial charge in [-0.3, -0.25) is 0 Å². The third-order valence-electron chi connectivity index (χ3n) is 9.07. The summed E-state index contributed by atoms with van der Waals surface area (Å²) in [4.78, 5) is 0. The highest BCUT2D eigenvalue weighted by molar-refractivity contribution is 5.42. The summed E-state index contributed by atoms with van der Waals surface area (Å²) in [6.07, 6.45) is 3.30. The summed E-state index contributed by atoms with van der Waals surface area (Å²) in [5.74, 6) is 1.94. The van der Waals surface area contributed by atoms with E-state index >= 15 is 0 Å². The largest absolute Gasteiger partial charge is 0.358 e. The van der Waals surface area contributed by atoms with Crippen LogP contribution in [0.15, 0.2) is 121 Å². The van der Waals surface area contributed by atoms with Crippen molar-refractivity contribution in [3.63, 3.8) is 0 Å². The number of ether oxygens (including phenoxy) is 1. The molecule has 2 saturated carbocycles. The molecular weight excluding hydrogens is 412 g/mol. The molecule has 3 heterocycles. The van der Waals surface area contributed by atoms with Crippen molar-refractivity contribution in [1.82, 2.24) is 0 Å². The van der Waals surface area contributed by atoms with E-state index in [4.69, 9.17) is 4.74 Å². The molecule has 1 heteroatoms. The Labute approximate surface area is 202 Å². The van der Waals surface area contributed by atoms with Gasteiger partial charge in [-0.1, -0.05) is 121 Å². The molecule has 168 valence electrons. The molecule has 34 heavy (non-hydrogen) atoms. The molecule has 3 saturated heterocycles. The Bertz CT molecular complexity index is 1170. The summed E-state index contributed by atoms with van der Waals surface area (Å²) in [7, 11) is 0. The fourth-order valence-electron chi connectivity index (χ4n) is 7.76. The molecule has 0 spiro atoms. The molecule has 5 aliphatic rings. The van der Waals surface area contributed by atoms with Gasteiger partial charge in [0.15, 0.2) is 0 Å². The van der Waals surface area contributed by atoms with Crippen molar-refractivity contribution in [3.05, 3.63) is 144 Å². The smallest absolute Gasteiger partial charge is 0.0983 e. The Hall–Kier alpha value is -3.16. The fourth-order valence-corrected chi connectivity index (χ4v) is 7.76. The van der Waals surface area contributed by atoms with Crippen LogP contribution in [0.4, 0.5) is 0 Å². The molecule has 4 bridgehead atoms. The first kappa shape index (κ1) is 20.2. The molecule has 0 radical (unpaired) electrons. The van der Waals surface area contributed by atoms with Gasteiger partial charge in [0.25, 0.3) is 0 Å². The molecule has 1 nitrogen and oxygen atoms in total. The molecule has 0 N–H and O–H groups in total. The van der Waals surface area contributed by atoms with Crippen LogP contribution in [0.5, 0.6) is 0 Å². The monoisotopic (exact) mass is 442 g/mol. The highest BCUT2D eigenvalue weighted by Crippen LogP contribution is 2.73. The van der Waals surface area contributed by atoms with E-state index in [1.807, 2.05) is 0 Å². The topological polar surface area (TPSA) is 9.23 Å². The number of benzene rings is 4. The molecule has 0 amide bonds. The minimum atomic E-state index is -0.287. The van der Waals surface area contributed by atoms with E-state index < -0.39 is 0 Å². The quantitative estimate of drug-likeness (QED) is 0.313. The zero-order chi connectivity index (χ0) is 22.6. The zero-order valence-electron chi connectivity index (χ0n) is 19.4. The molecule has 2 unspecified atom stereocenters. The van der Waals surface area contributed by atoms with E-state index in [9.17, 15) is 0 Å². The van der Waals surface area contributed by atoms with Crippen LogP contribution < -0.4 is 0 Å². The first-order valence-corrected chi connectivity index (χ1v) is 12.7. The summed E-state index contributed by atoms with van der Waals surface area (Å²) in [6.45, 7) is 0. The Balaban J connectivity index is 1.47. The number of fused-ring (bicyclic) bond motifs is 2. The van der Waals surface area contributed by atoms with E-state index in [1.54, 1.807) is 0 Å². The van der Waals surface area contributed by atoms with Crippen LogP contribution in [0.2, 0.25) is 0 Å². The molecule has 6 atom stereocenters. The lowest BCUT2D eigenvalue weighted by atomic mass is 9.44. The lowest BCUT2D eigenvalue weighted by Gasteiger charge is -2.70. The SMILES string of the molecule is c1ccc([C@@H]2C[C@@]3(c4ccccc4)O[C@]4(c5ccccc5)C[C@@H](c5ccccc5)C3CC24)cc1. The highest BCUT2D eigenvalue weighted by Gasteiger charge is 2.70. The van der Waals surface area contributed by atoms with Gasteiger partial charge in [0.05, 0.1) is 11.2 Å². The van der Waals surface area contributed by atoms with Crippen molar-refractivity contribution in [1.29, 1.82) is 0 Å². The van der Waals surface area contributed by atoms with E-state index in [0.717, 1.165) is 12.8 Å². The second-order valence-electron chi connectivity index (χ2n) is 10.5. The normalized spacial score (nSPS) is 33.6. The molecule has 3 aliphatic heterocycles. The van der Waals surface area contributed by atoms with Gasteiger partial charge in [0.2, 0.25) is 0 Å². The maximum atomic E-state index is 7.54. The molecule has 4 aromatic carbocycles. The van der Waals surface area contributed by atoms with E-state index in [1.165, 1.54) is 28.7 Å². The molecule has 4 aromatic rings. The van der Waals surface area contributed by atoms with Crippen LogP contribution in [0.1, 0.15) is 53.4 Å². The number of rotatable bonds is 4. The fraction of sp³-hybridized carbons (Fsp3) is 0.273. The van der Waals surface area contributed by atoms with Gasteiger partial charge in [0.1, 0.15) is 0 Å². The molecule has 2 aliphatic carbocycles. The van der Waals surface area contributed by atoms with Crippen molar-refractivity contribution in [2.45, 2.75) is 42.3 Å². The van der Waals surface area contributed by atoms with Gasteiger partial charge in [-0.25, -0.2) is 0 Å². The van der Waals surface area contributed by atoms with E-state index in [-0.39, 0.29) is 11.2 Å². The van der Waals surface area contributed by atoms with Crippen molar-refractivity contribution < 1.29 is 4.74 Å². The van der Waals surface area contributed by atoms with Crippen molar-refractivity contribution in [3.8, 4) is 0 Å². The van der Waals surface area contributed by atoms with Crippen LogP contribution in [0.3, 0.4) is 0 Å². The number of hydrogen-bond donors (Lipinski definition) is 0. The van der Waals surface area contributed by atoms with Crippen LogP contribution >= 0.6 is 0 Å². The maximum Gasteiger partial charge on any atom is 0.0983 e. The Kier molecular flexibility index (Phi) is 4.57. The van der Waals surface area contributed by atoms with E-state index in [0.29, 0.717) is 23.7 Å². The minimum absolute atomic E-state index is 0.287. The summed E-state index contributed by atoms with van der Waals surface area (Å²) >= 11 is 0. The maximum absolute atomic E-state index is 7.54. The third kappa shape index (κ3) is 2.83. The first-order chi connectivity index (χ1) is 16.8. The molecule has 0 aromatic heterocycles. The Morgan fingerprint density at radius 1 is 0.471 bits per heavy atom. The predicted molar refractivity (Wildman–Crippen MR) is 137 cm³/mol. The van der Waals surface area contributed by atoms with Crippen molar-refractivity contribution >= 4 is 0 Å². The van der Waals surface area contributed by atoms with E-state index in [2.05, 4.69) is 121 Å². The van der Waals surface area contributed by atoms with Gasteiger partial charge < -0.3 is 4.74 Å². The van der Waals surface area contributed by atoms with Gasteiger partial charge in [0, 0.05) is 0 Å². The minimum Gasteiger partial charge on any atom is -0.358 e. The van der Waals surface area contributed by atoms with Crippen molar-refractivity contribution in [2.75, 3.05) is 0 Å². The zero-order valence-corrected chi connectivity index (χ0v) is 19.4. The summed E-state index contributed by atoms with van der Waals surface area (Å²) in [5.41, 5.74) is 5.05. The second kappa shape index (κ2) is 7.68. The predicted octanol–water partition coefficient (Wildman–Crippen LogP) is 7.81. The lowest BCUT2D eigenvalue weighted by molar-refractivity contribution is -0.338. The molecule has 5 fully saturated rings. The third-order valence-corrected chi connectivity index (χ3v) is 9.07. The second-order valence-corrected chi connectivity index (χ2v) is 10.5. The van der Waals surface area contributed by atoms with Gasteiger partial charge in [-0.15, -0.1) is 0 Å². The molecule has 9 rings (SSSR count). The first-order valence-electron chi connectivity index (χ1n) is 12.7. The van der Waals surface area contributed by atoms with Crippen molar-refractivity contribution in [2.24, 2.45) is 11.8 Å². The van der Waals surface area contributed by atoms with Crippen LogP contribution in [0.25, 0.3) is 0 Å². The summed E-state index contributed by atoms with van der Waals surface area (Å²) in [6, 6.07) is 44.7. The Morgan fingerprint density at radius 2 is 0.824 bits per heavy atom. The average molecular weight is 443 g/mol. The molecular formula is C33H30O. The highest BCUT2D eigenvalue weighted by atomic mass is 16.5. The van der Waals surface area contributed by atoms with Gasteiger partial charge in [-0.2, -0.15) is 0 Å². The van der Waals surface area contributed by atoms with Crippen LogP contribution in [-0.2, 0) is 15.9 Å². The van der Waals surface area contributed by atoms with Gasteiger partial charge >= 0.3 is 0 Å². The Morgan fingerprint density at radius 3 is 1.21 bits per heavy atom. The van der Waals surface area contributed by atoms with Crippen LogP contribution in [0, 0.1) is 11.8 Å². The standard InChI is InChI=1S/C33H30O/c1-5-13-24(14-6-1)28-22-32(26-17-9-3-10-18-26)31-21-30(28)33(34-32,27-19-11-4-12-20-27)23-29(31)25-15-7-2-8-16-25/h1-20,28-31H,21-23H2/t28-,29-,30?,31?,32-,33-/m0/s1.